The number of hydrogen-bond acceptors (Lipinski definition) is 4. The quantitative estimate of drug-likeness (QED) is 0.819. The number of carbonyl (C=O) groups is 2. The highest BCUT2D eigenvalue weighted by Crippen LogP contribution is 2.34. The minimum absolute atomic E-state index is 0.0198. The Balaban J connectivity index is 1.39. The fraction of sp³-hybridized carbons (Fsp3) is 0.391. The van der Waals surface area contributed by atoms with Crippen molar-refractivity contribution in [3.05, 3.63) is 54.6 Å². The molecular weight excluding hydrogens is 366 g/mol. The van der Waals surface area contributed by atoms with Crippen molar-refractivity contribution < 1.29 is 14.3 Å². The minimum atomic E-state index is -0.298. The molecule has 6 heteroatoms. The predicted octanol–water partition coefficient (Wildman–Crippen LogP) is 3.15. The zero-order chi connectivity index (χ0) is 20.2. The number of benzene rings is 2. The summed E-state index contributed by atoms with van der Waals surface area (Å²) in [5, 5.41) is 3.49. The summed E-state index contributed by atoms with van der Waals surface area (Å²) in [7, 11) is 0. The molecular formula is C23H27N3O3. The zero-order valence-corrected chi connectivity index (χ0v) is 16.7. The summed E-state index contributed by atoms with van der Waals surface area (Å²) in [4.78, 5) is 29.3. The lowest BCUT2D eigenvalue weighted by Gasteiger charge is -2.22. The first kappa shape index (κ1) is 19.3. The van der Waals surface area contributed by atoms with E-state index in [1.54, 1.807) is 4.90 Å². The maximum Gasteiger partial charge on any atom is 0.228 e. The Morgan fingerprint density at radius 2 is 1.86 bits per heavy atom. The fourth-order valence-electron chi connectivity index (χ4n) is 4.17. The van der Waals surface area contributed by atoms with Crippen molar-refractivity contribution in [2.45, 2.75) is 25.8 Å². The number of amides is 2. The normalized spacial score (nSPS) is 21.5. The second kappa shape index (κ2) is 8.55. The third-order valence-electron chi connectivity index (χ3n) is 5.57. The van der Waals surface area contributed by atoms with Crippen LogP contribution in [0.3, 0.4) is 0 Å². The molecule has 2 amide bonds. The number of para-hydroxylation sites is 3. The third-order valence-corrected chi connectivity index (χ3v) is 5.57. The Bertz CT molecular complexity index is 871. The molecule has 0 spiro atoms. The Kier molecular flexibility index (Phi) is 5.69. The van der Waals surface area contributed by atoms with Crippen molar-refractivity contribution in [2.24, 2.45) is 5.92 Å². The van der Waals surface area contributed by atoms with Gasteiger partial charge in [0.25, 0.3) is 0 Å². The van der Waals surface area contributed by atoms with Gasteiger partial charge in [-0.1, -0.05) is 30.3 Å². The van der Waals surface area contributed by atoms with Crippen LogP contribution >= 0.6 is 0 Å². The van der Waals surface area contributed by atoms with Crippen LogP contribution in [0, 0.1) is 5.92 Å². The molecule has 2 fully saturated rings. The van der Waals surface area contributed by atoms with Crippen molar-refractivity contribution in [3.63, 3.8) is 0 Å². The highest BCUT2D eigenvalue weighted by molar-refractivity contribution is 6.01. The monoisotopic (exact) mass is 393 g/mol. The molecule has 0 saturated carbocycles. The number of ether oxygens (including phenoxy) is 1. The standard InChI is InChI=1S/C23H27N3O3/c1-2-29-21-11-7-6-10-20(21)26-15-17(14-22(26)27)23(28)25-13-12-19(16-25)24-18-8-4-3-5-9-18/h3-11,17,19,24H,2,12-16H2,1H3. The number of likely N-dealkylation sites (tertiary alicyclic amines) is 1. The second-order valence-electron chi connectivity index (χ2n) is 7.59. The summed E-state index contributed by atoms with van der Waals surface area (Å²) in [5.41, 5.74) is 1.82. The lowest BCUT2D eigenvalue weighted by molar-refractivity contribution is -0.134. The van der Waals surface area contributed by atoms with Gasteiger partial charge < -0.3 is 19.9 Å². The van der Waals surface area contributed by atoms with Crippen LogP contribution in [0.1, 0.15) is 19.8 Å². The van der Waals surface area contributed by atoms with Crippen molar-refractivity contribution in [1.29, 1.82) is 0 Å². The van der Waals surface area contributed by atoms with Gasteiger partial charge in [-0.25, -0.2) is 0 Å². The zero-order valence-electron chi connectivity index (χ0n) is 16.7. The first-order chi connectivity index (χ1) is 14.2. The summed E-state index contributed by atoms with van der Waals surface area (Å²) >= 11 is 0. The molecule has 0 bridgehead atoms. The summed E-state index contributed by atoms with van der Waals surface area (Å²) in [6.07, 6.45) is 1.17. The van der Waals surface area contributed by atoms with E-state index in [2.05, 4.69) is 5.32 Å². The first-order valence-electron chi connectivity index (χ1n) is 10.3. The molecule has 4 rings (SSSR count). The van der Waals surface area contributed by atoms with Gasteiger partial charge in [-0.3, -0.25) is 9.59 Å². The highest BCUT2D eigenvalue weighted by Gasteiger charge is 2.39. The van der Waals surface area contributed by atoms with Crippen molar-refractivity contribution in [3.8, 4) is 5.75 Å². The Labute approximate surface area is 171 Å². The molecule has 0 aromatic heterocycles. The number of nitrogens with one attached hydrogen (secondary N) is 1. The van der Waals surface area contributed by atoms with E-state index in [4.69, 9.17) is 4.74 Å². The smallest absolute Gasteiger partial charge is 0.228 e. The highest BCUT2D eigenvalue weighted by atomic mass is 16.5. The Morgan fingerprint density at radius 1 is 1.10 bits per heavy atom. The predicted molar refractivity (Wildman–Crippen MR) is 113 cm³/mol. The van der Waals surface area contributed by atoms with Crippen molar-refractivity contribution >= 4 is 23.2 Å². The van der Waals surface area contributed by atoms with Crippen LogP contribution in [0.2, 0.25) is 0 Å². The summed E-state index contributed by atoms with van der Waals surface area (Å²) < 4.78 is 5.67. The molecule has 2 heterocycles. The maximum absolute atomic E-state index is 13.1. The van der Waals surface area contributed by atoms with Gasteiger partial charge in [0.15, 0.2) is 0 Å². The van der Waals surface area contributed by atoms with Crippen LogP contribution in [0.4, 0.5) is 11.4 Å². The van der Waals surface area contributed by atoms with Crippen LogP contribution in [0.25, 0.3) is 0 Å². The van der Waals surface area contributed by atoms with E-state index in [-0.39, 0.29) is 30.2 Å². The lowest BCUT2D eigenvalue weighted by atomic mass is 10.1. The summed E-state index contributed by atoms with van der Waals surface area (Å²) in [5.74, 6) is 0.443. The Morgan fingerprint density at radius 3 is 2.66 bits per heavy atom. The lowest BCUT2D eigenvalue weighted by Crippen LogP contribution is -2.37. The van der Waals surface area contributed by atoms with Crippen LogP contribution in [-0.2, 0) is 9.59 Å². The number of rotatable bonds is 6. The van der Waals surface area contributed by atoms with Crippen molar-refractivity contribution in [2.75, 3.05) is 36.5 Å². The van der Waals surface area contributed by atoms with Gasteiger partial charge in [0.1, 0.15) is 5.75 Å². The molecule has 2 aromatic rings. The van der Waals surface area contributed by atoms with E-state index in [9.17, 15) is 9.59 Å². The molecule has 2 saturated heterocycles. The fourth-order valence-corrected chi connectivity index (χ4v) is 4.17. The van der Waals surface area contributed by atoms with Crippen LogP contribution < -0.4 is 15.0 Å². The van der Waals surface area contributed by atoms with E-state index >= 15 is 0 Å². The van der Waals surface area contributed by atoms with Crippen LogP contribution in [0.5, 0.6) is 5.75 Å². The topological polar surface area (TPSA) is 61.9 Å². The minimum Gasteiger partial charge on any atom is -0.492 e. The molecule has 2 unspecified atom stereocenters. The van der Waals surface area contributed by atoms with E-state index in [0.29, 0.717) is 25.4 Å². The van der Waals surface area contributed by atoms with E-state index in [1.165, 1.54) is 0 Å². The molecule has 2 aliphatic heterocycles. The molecule has 0 aliphatic carbocycles. The molecule has 2 aromatic carbocycles. The van der Waals surface area contributed by atoms with Gasteiger partial charge >= 0.3 is 0 Å². The van der Waals surface area contributed by atoms with E-state index in [1.807, 2.05) is 66.4 Å². The molecule has 2 aliphatic rings. The van der Waals surface area contributed by atoms with Gasteiger partial charge in [0, 0.05) is 37.8 Å². The third kappa shape index (κ3) is 4.21. The average molecular weight is 393 g/mol. The molecule has 152 valence electrons. The van der Waals surface area contributed by atoms with Crippen LogP contribution in [0.15, 0.2) is 54.6 Å². The summed E-state index contributed by atoms with van der Waals surface area (Å²) in [6.45, 7) is 4.26. The molecule has 6 nitrogen and oxygen atoms in total. The van der Waals surface area contributed by atoms with Gasteiger partial charge in [-0.05, 0) is 37.6 Å². The van der Waals surface area contributed by atoms with E-state index in [0.717, 1.165) is 24.3 Å². The second-order valence-corrected chi connectivity index (χ2v) is 7.59. The maximum atomic E-state index is 13.1. The van der Waals surface area contributed by atoms with Crippen LogP contribution in [-0.4, -0.2) is 49.0 Å². The molecule has 0 radical (unpaired) electrons. The van der Waals surface area contributed by atoms with Crippen molar-refractivity contribution in [1.82, 2.24) is 4.90 Å². The molecule has 2 atom stereocenters. The SMILES string of the molecule is CCOc1ccccc1N1CC(C(=O)N2CCC(Nc3ccccc3)C2)CC1=O. The van der Waals surface area contributed by atoms with Gasteiger partial charge in [-0.15, -0.1) is 0 Å². The van der Waals surface area contributed by atoms with Gasteiger partial charge in [-0.2, -0.15) is 0 Å². The number of hydrogen-bond donors (Lipinski definition) is 1. The summed E-state index contributed by atoms with van der Waals surface area (Å²) in [6, 6.07) is 17.8. The average Bonchev–Trinajstić information content (AvgIpc) is 3.36. The Hall–Kier alpha value is -3.02. The number of carbonyl (C=O) groups excluding carboxylic acids is 2. The van der Waals surface area contributed by atoms with E-state index < -0.39 is 0 Å². The molecule has 1 N–H and O–H groups in total. The van der Waals surface area contributed by atoms with Gasteiger partial charge in [0.05, 0.1) is 18.2 Å². The van der Waals surface area contributed by atoms with Gasteiger partial charge in [0.2, 0.25) is 11.8 Å². The number of anilines is 2. The largest absolute Gasteiger partial charge is 0.492 e. The number of nitrogens with zero attached hydrogens (tertiary/aromatic N) is 2. The first-order valence-corrected chi connectivity index (χ1v) is 10.3. The molecule has 29 heavy (non-hydrogen) atoms.